The van der Waals surface area contributed by atoms with Crippen LogP contribution in [0.3, 0.4) is 0 Å². The summed E-state index contributed by atoms with van der Waals surface area (Å²) in [5.74, 6) is 0. The predicted octanol–water partition coefficient (Wildman–Crippen LogP) is 3.32. The SMILES string of the molecule is [B]CC(=C)c1cccc(C(=C)C)c1. The average molecular weight is 168 g/mol. The zero-order valence-corrected chi connectivity index (χ0v) is 8.01. The molecule has 0 saturated heterocycles. The molecule has 0 aliphatic carbocycles. The second-order valence-electron chi connectivity index (χ2n) is 3.17. The van der Waals surface area contributed by atoms with Crippen LogP contribution in [0.1, 0.15) is 18.1 Å². The molecule has 0 unspecified atom stereocenters. The number of benzene rings is 1. The van der Waals surface area contributed by atoms with Crippen LogP contribution in [0.4, 0.5) is 0 Å². The van der Waals surface area contributed by atoms with Gasteiger partial charge in [-0.3, -0.25) is 0 Å². The molecule has 0 atom stereocenters. The summed E-state index contributed by atoms with van der Waals surface area (Å²) in [5, 5.41) is 0. The van der Waals surface area contributed by atoms with Gasteiger partial charge in [-0.2, -0.15) is 0 Å². The van der Waals surface area contributed by atoms with E-state index in [0.717, 1.165) is 22.3 Å². The van der Waals surface area contributed by atoms with E-state index in [4.69, 9.17) is 7.85 Å². The van der Waals surface area contributed by atoms with E-state index in [1.54, 1.807) is 0 Å². The average Bonchev–Trinajstić information content (AvgIpc) is 2.17. The molecule has 0 N–H and O–H groups in total. The van der Waals surface area contributed by atoms with Gasteiger partial charge < -0.3 is 0 Å². The molecule has 13 heavy (non-hydrogen) atoms. The molecule has 1 aromatic rings. The van der Waals surface area contributed by atoms with Crippen molar-refractivity contribution < 1.29 is 0 Å². The van der Waals surface area contributed by atoms with Crippen molar-refractivity contribution in [1.82, 2.24) is 0 Å². The highest BCUT2D eigenvalue weighted by Crippen LogP contribution is 2.19. The molecule has 1 rings (SSSR count). The molecule has 2 radical (unpaired) electrons. The van der Waals surface area contributed by atoms with E-state index in [1.807, 2.05) is 25.1 Å². The second kappa shape index (κ2) is 4.13. The molecular weight excluding hydrogens is 155 g/mol. The van der Waals surface area contributed by atoms with Crippen LogP contribution in [0.15, 0.2) is 37.4 Å². The smallest absolute Gasteiger partial charge is 0.0716 e. The number of rotatable bonds is 3. The van der Waals surface area contributed by atoms with E-state index in [2.05, 4.69) is 19.2 Å². The standard InChI is InChI=1S/C12H13B/c1-9(2)11-5-4-6-12(7-11)10(3)8-13/h4-7H,1,3,8H2,2H3. The van der Waals surface area contributed by atoms with Crippen molar-refractivity contribution in [2.75, 3.05) is 0 Å². The molecule has 0 amide bonds. The minimum atomic E-state index is 0.500. The van der Waals surface area contributed by atoms with Crippen molar-refractivity contribution in [2.24, 2.45) is 0 Å². The second-order valence-corrected chi connectivity index (χ2v) is 3.17. The van der Waals surface area contributed by atoms with E-state index in [0.29, 0.717) is 6.32 Å². The first kappa shape index (κ1) is 9.85. The van der Waals surface area contributed by atoms with Crippen LogP contribution in [0.25, 0.3) is 11.1 Å². The lowest BCUT2D eigenvalue weighted by molar-refractivity contribution is 1.52. The van der Waals surface area contributed by atoms with Gasteiger partial charge in [-0.05, 0) is 24.1 Å². The Morgan fingerprint density at radius 3 is 2.46 bits per heavy atom. The Morgan fingerprint density at radius 1 is 1.31 bits per heavy atom. The Balaban J connectivity index is 3.05. The van der Waals surface area contributed by atoms with E-state index < -0.39 is 0 Å². The first-order valence-corrected chi connectivity index (χ1v) is 4.29. The van der Waals surface area contributed by atoms with Crippen LogP contribution in [0.5, 0.6) is 0 Å². The Bertz CT molecular complexity index is 337. The normalized spacial score (nSPS) is 9.62. The Hall–Kier alpha value is -1.24. The maximum Gasteiger partial charge on any atom is 0.0716 e. The lowest BCUT2D eigenvalue weighted by Gasteiger charge is -2.05. The Kier molecular flexibility index (Phi) is 3.13. The lowest BCUT2D eigenvalue weighted by Crippen LogP contribution is -1.84. The number of hydrogen-bond donors (Lipinski definition) is 0. The minimum Gasteiger partial charge on any atom is -0.0960 e. The third-order valence-corrected chi connectivity index (χ3v) is 2.01. The summed E-state index contributed by atoms with van der Waals surface area (Å²) in [4.78, 5) is 0. The van der Waals surface area contributed by atoms with Crippen LogP contribution in [0.2, 0.25) is 6.32 Å². The van der Waals surface area contributed by atoms with Crippen molar-refractivity contribution in [1.29, 1.82) is 0 Å². The summed E-state index contributed by atoms with van der Waals surface area (Å²) in [7, 11) is 5.51. The first-order valence-electron chi connectivity index (χ1n) is 4.29. The van der Waals surface area contributed by atoms with Crippen LogP contribution in [0, 0.1) is 0 Å². The van der Waals surface area contributed by atoms with Crippen molar-refractivity contribution in [2.45, 2.75) is 13.2 Å². The quantitative estimate of drug-likeness (QED) is 0.607. The third kappa shape index (κ3) is 2.35. The van der Waals surface area contributed by atoms with Gasteiger partial charge in [0.2, 0.25) is 0 Å². The largest absolute Gasteiger partial charge is 0.0960 e. The molecule has 64 valence electrons. The summed E-state index contributed by atoms with van der Waals surface area (Å²) >= 11 is 0. The van der Waals surface area contributed by atoms with Crippen molar-refractivity contribution >= 4 is 19.0 Å². The van der Waals surface area contributed by atoms with Gasteiger partial charge in [0, 0.05) is 0 Å². The highest BCUT2D eigenvalue weighted by Gasteiger charge is 1.98. The van der Waals surface area contributed by atoms with E-state index in [1.165, 1.54) is 0 Å². The van der Waals surface area contributed by atoms with Gasteiger partial charge in [-0.1, -0.05) is 48.8 Å². The fourth-order valence-electron chi connectivity index (χ4n) is 1.12. The van der Waals surface area contributed by atoms with Gasteiger partial charge in [0.05, 0.1) is 7.85 Å². The molecule has 0 bridgehead atoms. The molecule has 0 spiro atoms. The molecule has 0 fully saturated rings. The molecule has 0 aliphatic heterocycles. The van der Waals surface area contributed by atoms with Crippen molar-refractivity contribution in [3.8, 4) is 0 Å². The third-order valence-electron chi connectivity index (χ3n) is 2.01. The summed E-state index contributed by atoms with van der Waals surface area (Å²) in [6.45, 7) is 9.77. The molecule has 0 aliphatic rings. The fraction of sp³-hybridized carbons (Fsp3) is 0.167. The first-order chi connectivity index (χ1) is 6.15. The van der Waals surface area contributed by atoms with E-state index in [-0.39, 0.29) is 0 Å². The Morgan fingerprint density at radius 2 is 1.92 bits per heavy atom. The zero-order chi connectivity index (χ0) is 9.84. The maximum absolute atomic E-state index is 5.51. The van der Waals surface area contributed by atoms with Gasteiger partial charge in [0.15, 0.2) is 0 Å². The number of allylic oxidation sites excluding steroid dienone is 2. The molecular formula is C12H13B. The zero-order valence-electron chi connectivity index (χ0n) is 8.01. The molecule has 0 nitrogen and oxygen atoms in total. The molecule has 0 heterocycles. The Labute approximate surface area is 81.4 Å². The van der Waals surface area contributed by atoms with Crippen LogP contribution in [-0.2, 0) is 0 Å². The summed E-state index contributed by atoms with van der Waals surface area (Å²) in [5.41, 5.74) is 4.27. The van der Waals surface area contributed by atoms with Gasteiger partial charge in [-0.25, -0.2) is 0 Å². The van der Waals surface area contributed by atoms with Crippen LogP contribution >= 0.6 is 0 Å². The molecule has 0 aromatic heterocycles. The summed E-state index contributed by atoms with van der Waals surface area (Å²) in [6, 6.07) is 8.12. The highest BCUT2D eigenvalue weighted by molar-refractivity contribution is 6.14. The molecule has 1 heteroatoms. The van der Waals surface area contributed by atoms with E-state index >= 15 is 0 Å². The van der Waals surface area contributed by atoms with Crippen LogP contribution in [-0.4, -0.2) is 7.85 Å². The van der Waals surface area contributed by atoms with Crippen molar-refractivity contribution in [3.63, 3.8) is 0 Å². The summed E-state index contributed by atoms with van der Waals surface area (Å²) in [6.07, 6.45) is 0.500. The number of hydrogen-bond acceptors (Lipinski definition) is 0. The molecule has 1 aromatic carbocycles. The maximum atomic E-state index is 5.51. The predicted molar refractivity (Wildman–Crippen MR) is 60.7 cm³/mol. The van der Waals surface area contributed by atoms with Crippen molar-refractivity contribution in [3.05, 3.63) is 48.6 Å². The topological polar surface area (TPSA) is 0 Å². The highest BCUT2D eigenvalue weighted by atomic mass is 14.0. The minimum absolute atomic E-state index is 0.500. The van der Waals surface area contributed by atoms with E-state index in [9.17, 15) is 0 Å². The van der Waals surface area contributed by atoms with Gasteiger partial charge in [-0.15, -0.1) is 0 Å². The van der Waals surface area contributed by atoms with Crippen LogP contribution < -0.4 is 0 Å². The van der Waals surface area contributed by atoms with Gasteiger partial charge in [0.1, 0.15) is 0 Å². The molecule has 0 saturated carbocycles. The van der Waals surface area contributed by atoms with Gasteiger partial charge >= 0.3 is 0 Å². The fourth-order valence-corrected chi connectivity index (χ4v) is 1.12. The summed E-state index contributed by atoms with van der Waals surface area (Å²) < 4.78 is 0. The monoisotopic (exact) mass is 168 g/mol. The lowest BCUT2D eigenvalue weighted by atomic mass is 9.91. The van der Waals surface area contributed by atoms with Gasteiger partial charge in [0.25, 0.3) is 0 Å².